The van der Waals surface area contributed by atoms with Gasteiger partial charge in [-0.25, -0.2) is 17.5 Å². The summed E-state index contributed by atoms with van der Waals surface area (Å²) in [5.41, 5.74) is 6.06. The topological polar surface area (TPSA) is 142 Å². The van der Waals surface area contributed by atoms with Crippen LogP contribution in [0.4, 0.5) is 4.39 Å². The van der Waals surface area contributed by atoms with E-state index in [1.165, 1.54) is 12.1 Å². The lowest BCUT2D eigenvalue weighted by atomic mass is 10.0. The summed E-state index contributed by atoms with van der Waals surface area (Å²) in [6.07, 6.45) is 7.86. The molecule has 0 aliphatic carbocycles. The Bertz CT molecular complexity index is 2060. The number of H-pyrrole nitrogens is 2. The molecule has 1 aromatic carbocycles. The number of aromatic amines is 2. The standard InChI is InChI=1S/C30H29FN8O3S/c1-39(2)6-7-42-22-11-20(15-32-16-22)26-12-24-28(17-34-26)37-38-30(24)27-13-23-25(36-27)4-5-33-29(23)19-8-18(9-21(31)10-19)14-35-43(3,40)41/h4-5,8-13,15-17,35-36H,6-7,14H2,1-3H3,(H,37,38). The minimum atomic E-state index is -3.44. The molecule has 0 atom stereocenters. The minimum absolute atomic E-state index is 0.0335. The molecule has 0 aliphatic heterocycles. The molecule has 0 saturated carbocycles. The fourth-order valence-electron chi connectivity index (χ4n) is 4.78. The van der Waals surface area contributed by atoms with Crippen LogP contribution in [0, 0.1) is 5.82 Å². The second kappa shape index (κ2) is 11.5. The van der Waals surface area contributed by atoms with Gasteiger partial charge in [-0.1, -0.05) is 0 Å². The number of nitrogens with zero attached hydrogens (tertiary/aromatic N) is 5. The molecule has 0 radical (unpaired) electrons. The van der Waals surface area contributed by atoms with E-state index >= 15 is 0 Å². The first-order valence-electron chi connectivity index (χ1n) is 13.4. The Hall–Kier alpha value is -4.72. The number of sulfonamides is 1. The summed E-state index contributed by atoms with van der Waals surface area (Å²) in [4.78, 5) is 18.9. The van der Waals surface area contributed by atoms with Gasteiger partial charge >= 0.3 is 0 Å². The molecule has 13 heteroatoms. The van der Waals surface area contributed by atoms with E-state index in [9.17, 15) is 12.8 Å². The molecule has 220 valence electrons. The van der Waals surface area contributed by atoms with Gasteiger partial charge in [-0.15, -0.1) is 0 Å². The number of pyridine rings is 3. The monoisotopic (exact) mass is 600 g/mol. The summed E-state index contributed by atoms with van der Waals surface area (Å²) >= 11 is 0. The molecule has 0 aliphatic rings. The number of likely N-dealkylation sites (N-methyl/N-ethyl adjacent to an activating group) is 1. The number of benzene rings is 1. The Balaban J connectivity index is 1.35. The summed E-state index contributed by atoms with van der Waals surface area (Å²) in [6.45, 7) is 1.30. The van der Waals surface area contributed by atoms with Crippen LogP contribution in [-0.2, 0) is 16.6 Å². The molecule has 5 heterocycles. The molecule has 0 amide bonds. The molecule has 6 rings (SSSR count). The van der Waals surface area contributed by atoms with Crippen molar-refractivity contribution in [1.82, 2.24) is 39.8 Å². The summed E-state index contributed by atoms with van der Waals surface area (Å²) in [5.74, 6) is 0.175. The van der Waals surface area contributed by atoms with Crippen molar-refractivity contribution in [2.75, 3.05) is 33.5 Å². The number of aromatic nitrogens is 6. The zero-order chi connectivity index (χ0) is 30.1. The Morgan fingerprint density at radius 2 is 1.79 bits per heavy atom. The minimum Gasteiger partial charge on any atom is -0.491 e. The molecule has 6 aromatic rings. The van der Waals surface area contributed by atoms with Gasteiger partial charge in [-0.05, 0) is 62.1 Å². The molecular formula is C30H29FN8O3S. The number of halogens is 1. The molecular weight excluding hydrogens is 571 g/mol. The van der Waals surface area contributed by atoms with Crippen LogP contribution in [0.25, 0.3) is 55.7 Å². The second-order valence-corrected chi connectivity index (χ2v) is 12.3. The predicted octanol–water partition coefficient (Wildman–Crippen LogP) is 4.36. The first-order chi connectivity index (χ1) is 20.6. The van der Waals surface area contributed by atoms with Gasteiger partial charge in [0, 0.05) is 52.9 Å². The highest BCUT2D eigenvalue weighted by Gasteiger charge is 2.17. The molecule has 0 spiro atoms. The summed E-state index contributed by atoms with van der Waals surface area (Å²) in [6, 6.07) is 12.0. The lowest BCUT2D eigenvalue weighted by Crippen LogP contribution is -2.21. The first-order valence-corrected chi connectivity index (χ1v) is 15.3. The van der Waals surface area contributed by atoms with E-state index in [1.54, 1.807) is 30.9 Å². The van der Waals surface area contributed by atoms with Crippen LogP contribution in [0.1, 0.15) is 5.56 Å². The maximum atomic E-state index is 14.6. The van der Waals surface area contributed by atoms with E-state index in [4.69, 9.17) is 4.74 Å². The van der Waals surface area contributed by atoms with E-state index < -0.39 is 15.8 Å². The van der Waals surface area contributed by atoms with E-state index in [1.807, 2.05) is 43.3 Å². The Labute approximate surface area is 247 Å². The SMILES string of the molecule is CN(C)CCOc1cncc(-c2cc3c(-c4cc5c(-c6cc(F)cc(CNS(C)(=O)=O)c6)nccc5[nH]4)n[nH]c3cn2)c1. The van der Waals surface area contributed by atoms with Crippen LogP contribution in [0.2, 0.25) is 0 Å². The summed E-state index contributed by atoms with van der Waals surface area (Å²) in [7, 11) is 0.544. The number of ether oxygens (including phenoxy) is 1. The fraction of sp³-hybridized carbons (Fsp3) is 0.200. The van der Waals surface area contributed by atoms with Gasteiger partial charge < -0.3 is 14.6 Å². The number of rotatable bonds is 10. The van der Waals surface area contributed by atoms with Crippen molar-refractivity contribution in [1.29, 1.82) is 0 Å². The van der Waals surface area contributed by atoms with Crippen LogP contribution in [-0.4, -0.2) is 77.0 Å². The van der Waals surface area contributed by atoms with E-state index in [-0.39, 0.29) is 6.54 Å². The first kappa shape index (κ1) is 28.4. The average molecular weight is 601 g/mol. The number of hydrogen-bond donors (Lipinski definition) is 3. The van der Waals surface area contributed by atoms with Gasteiger partial charge in [-0.2, -0.15) is 5.10 Å². The van der Waals surface area contributed by atoms with E-state index in [0.717, 1.165) is 45.9 Å². The van der Waals surface area contributed by atoms with Crippen molar-refractivity contribution >= 4 is 31.8 Å². The lowest BCUT2D eigenvalue weighted by molar-refractivity contribution is 0.261. The summed E-state index contributed by atoms with van der Waals surface area (Å²) < 4.78 is 46.0. The molecule has 0 bridgehead atoms. The third-order valence-electron chi connectivity index (χ3n) is 6.84. The zero-order valence-corrected chi connectivity index (χ0v) is 24.5. The molecule has 0 unspecified atom stereocenters. The number of nitrogens with one attached hydrogen (secondary N) is 3. The highest BCUT2D eigenvalue weighted by molar-refractivity contribution is 7.88. The Morgan fingerprint density at radius 1 is 0.953 bits per heavy atom. The summed E-state index contributed by atoms with van der Waals surface area (Å²) in [5, 5.41) is 9.23. The normalized spacial score (nSPS) is 12.0. The van der Waals surface area contributed by atoms with Crippen molar-refractivity contribution in [3.05, 3.63) is 78.6 Å². The number of hydrogen-bond acceptors (Lipinski definition) is 8. The van der Waals surface area contributed by atoms with Crippen molar-refractivity contribution in [3.8, 4) is 39.7 Å². The van der Waals surface area contributed by atoms with Gasteiger partial charge in [-0.3, -0.25) is 20.1 Å². The van der Waals surface area contributed by atoms with Crippen LogP contribution in [0.15, 0.2) is 67.3 Å². The Morgan fingerprint density at radius 3 is 2.60 bits per heavy atom. The molecule has 5 aromatic heterocycles. The highest BCUT2D eigenvalue weighted by atomic mass is 32.2. The van der Waals surface area contributed by atoms with Crippen LogP contribution in [0.5, 0.6) is 5.75 Å². The average Bonchev–Trinajstić information content (AvgIpc) is 3.59. The third kappa shape index (κ3) is 6.38. The largest absolute Gasteiger partial charge is 0.491 e. The van der Waals surface area contributed by atoms with Gasteiger partial charge in [0.1, 0.15) is 23.9 Å². The van der Waals surface area contributed by atoms with Crippen molar-refractivity contribution in [2.24, 2.45) is 0 Å². The van der Waals surface area contributed by atoms with Crippen LogP contribution in [0.3, 0.4) is 0 Å². The third-order valence-corrected chi connectivity index (χ3v) is 7.50. The van der Waals surface area contributed by atoms with Crippen LogP contribution >= 0.6 is 0 Å². The maximum absolute atomic E-state index is 14.6. The Kier molecular flexibility index (Phi) is 7.61. The van der Waals surface area contributed by atoms with Gasteiger partial charge in [0.15, 0.2) is 0 Å². The second-order valence-electron chi connectivity index (χ2n) is 10.5. The molecule has 0 saturated heterocycles. The maximum Gasteiger partial charge on any atom is 0.209 e. The predicted molar refractivity (Wildman–Crippen MR) is 163 cm³/mol. The zero-order valence-electron chi connectivity index (χ0n) is 23.7. The quantitative estimate of drug-likeness (QED) is 0.211. The van der Waals surface area contributed by atoms with Crippen LogP contribution < -0.4 is 9.46 Å². The van der Waals surface area contributed by atoms with Gasteiger partial charge in [0.05, 0.1) is 41.2 Å². The molecule has 11 nitrogen and oxygen atoms in total. The van der Waals surface area contributed by atoms with Crippen molar-refractivity contribution in [2.45, 2.75) is 6.54 Å². The van der Waals surface area contributed by atoms with Gasteiger partial charge in [0.2, 0.25) is 10.0 Å². The molecule has 0 fully saturated rings. The lowest BCUT2D eigenvalue weighted by Gasteiger charge is -2.11. The van der Waals surface area contributed by atoms with Gasteiger partial charge in [0.25, 0.3) is 0 Å². The van der Waals surface area contributed by atoms with Crippen molar-refractivity contribution < 1.29 is 17.5 Å². The number of fused-ring (bicyclic) bond motifs is 2. The molecule has 3 N–H and O–H groups in total. The van der Waals surface area contributed by atoms with E-state index in [0.29, 0.717) is 40.6 Å². The molecule has 43 heavy (non-hydrogen) atoms. The van der Waals surface area contributed by atoms with Crippen molar-refractivity contribution in [3.63, 3.8) is 0 Å². The fourth-order valence-corrected chi connectivity index (χ4v) is 5.21. The highest BCUT2D eigenvalue weighted by Crippen LogP contribution is 2.34. The van der Waals surface area contributed by atoms with E-state index in [2.05, 4.69) is 34.9 Å². The smallest absolute Gasteiger partial charge is 0.209 e.